The Morgan fingerprint density at radius 1 is 0.976 bits per heavy atom. The fraction of sp³-hybridized carbons (Fsp3) is 0.161. The molecule has 0 bridgehead atoms. The van der Waals surface area contributed by atoms with Crippen molar-refractivity contribution in [2.24, 2.45) is 4.99 Å². The van der Waals surface area contributed by atoms with Crippen LogP contribution in [0.2, 0.25) is 5.02 Å². The number of hydrogen-bond acceptors (Lipinski definition) is 8. The maximum absolute atomic E-state index is 13.7. The normalized spacial score (nSPS) is 14.7. The standard InChI is InChI=1S/C31H25ClN2O6S/c1-4-39-30(37)26-18(2)33-31-34(27(26)20-7-11-22(32)12-8-20)28(35)25(41-31)17-19-5-13-24(14-6-19)40-29(36)21-9-15-23(38-3)16-10-21/h5-17,27H,4H2,1-3H3/b25-17-/t27-/m0/s1. The largest absolute Gasteiger partial charge is 0.497 e. The molecule has 0 aliphatic carbocycles. The average molecular weight is 589 g/mol. The molecule has 1 aromatic heterocycles. The van der Waals surface area contributed by atoms with Gasteiger partial charge in [-0.1, -0.05) is 47.2 Å². The summed E-state index contributed by atoms with van der Waals surface area (Å²) in [5.74, 6) is -0.0174. The van der Waals surface area contributed by atoms with Crippen LogP contribution >= 0.6 is 22.9 Å². The molecule has 1 aliphatic rings. The third kappa shape index (κ3) is 5.86. The Morgan fingerprint density at radius 3 is 2.27 bits per heavy atom. The number of hydrogen-bond donors (Lipinski definition) is 0. The molecule has 8 nitrogen and oxygen atoms in total. The van der Waals surface area contributed by atoms with Crippen molar-refractivity contribution in [2.75, 3.05) is 13.7 Å². The molecule has 0 amide bonds. The van der Waals surface area contributed by atoms with E-state index in [1.165, 1.54) is 15.9 Å². The summed E-state index contributed by atoms with van der Waals surface area (Å²) in [7, 11) is 1.55. The second-order valence-corrected chi connectivity index (χ2v) is 10.5. The number of nitrogens with zero attached hydrogens (tertiary/aromatic N) is 2. The van der Waals surface area contributed by atoms with Crippen molar-refractivity contribution in [1.82, 2.24) is 4.57 Å². The van der Waals surface area contributed by atoms with Crippen molar-refractivity contribution in [1.29, 1.82) is 0 Å². The van der Waals surface area contributed by atoms with Gasteiger partial charge in [0.25, 0.3) is 5.56 Å². The smallest absolute Gasteiger partial charge is 0.343 e. The highest BCUT2D eigenvalue weighted by Crippen LogP contribution is 2.31. The molecule has 2 heterocycles. The maximum Gasteiger partial charge on any atom is 0.343 e. The number of fused-ring (bicyclic) bond motifs is 1. The van der Waals surface area contributed by atoms with Gasteiger partial charge in [-0.15, -0.1) is 0 Å². The van der Waals surface area contributed by atoms with Gasteiger partial charge in [-0.25, -0.2) is 14.6 Å². The minimum atomic E-state index is -0.718. The number of aromatic nitrogens is 1. The maximum atomic E-state index is 13.7. The van der Waals surface area contributed by atoms with Crippen molar-refractivity contribution in [3.8, 4) is 11.5 Å². The Morgan fingerprint density at radius 2 is 1.63 bits per heavy atom. The first-order valence-electron chi connectivity index (χ1n) is 12.7. The summed E-state index contributed by atoms with van der Waals surface area (Å²) in [6.45, 7) is 3.66. The molecule has 4 aromatic rings. The lowest BCUT2D eigenvalue weighted by atomic mass is 9.96. The van der Waals surface area contributed by atoms with Crippen molar-refractivity contribution in [3.63, 3.8) is 0 Å². The van der Waals surface area contributed by atoms with Crippen molar-refractivity contribution in [2.45, 2.75) is 19.9 Å². The van der Waals surface area contributed by atoms with E-state index >= 15 is 0 Å². The van der Waals surface area contributed by atoms with Crippen LogP contribution < -0.4 is 24.4 Å². The lowest BCUT2D eigenvalue weighted by molar-refractivity contribution is -0.139. The molecule has 41 heavy (non-hydrogen) atoms. The first kappa shape index (κ1) is 28.1. The van der Waals surface area contributed by atoms with Crippen LogP contribution in [0.4, 0.5) is 0 Å². The van der Waals surface area contributed by atoms with Crippen LogP contribution in [-0.4, -0.2) is 30.2 Å². The number of methoxy groups -OCH3 is 1. The second kappa shape index (κ2) is 12.0. The number of halogens is 1. The van der Waals surface area contributed by atoms with Gasteiger partial charge in [-0.05, 0) is 79.6 Å². The lowest BCUT2D eigenvalue weighted by Crippen LogP contribution is -2.39. The summed E-state index contributed by atoms with van der Waals surface area (Å²) in [5.41, 5.74) is 2.32. The fourth-order valence-corrected chi connectivity index (χ4v) is 5.60. The van der Waals surface area contributed by atoms with Crippen LogP contribution in [0, 0.1) is 0 Å². The predicted molar refractivity (Wildman–Crippen MR) is 156 cm³/mol. The number of allylic oxidation sites excluding steroid dienone is 1. The summed E-state index contributed by atoms with van der Waals surface area (Å²) in [4.78, 5) is 44.2. The van der Waals surface area contributed by atoms with E-state index in [9.17, 15) is 14.4 Å². The van der Waals surface area contributed by atoms with E-state index in [1.54, 1.807) is 99.8 Å². The number of carbonyl (C=O) groups is 2. The Hall–Kier alpha value is -4.47. The predicted octanol–water partition coefficient (Wildman–Crippen LogP) is 4.68. The Balaban J connectivity index is 1.47. The number of esters is 2. The number of rotatable bonds is 7. The molecule has 0 fully saturated rings. The van der Waals surface area contributed by atoms with Gasteiger partial charge in [0.1, 0.15) is 11.5 Å². The van der Waals surface area contributed by atoms with Gasteiger partial charge < -0.3 is 14.2 Å². The van der Waals surface area contributed by atoms with Crippen LogP contribution in [0.3, 0.4) is 0 Å². The number of thiazole rings is 1. The summed E-state index contributed by atoms with van der Waals surface area (Å²) in [6, 6.07) is 19.7. The summed E-state index contributed by atoms with van der Waals surface area (Å²) >= 11 is 7.33. The number of benzene rings is 3. The molecule has 1 atom stereocenters. The van der Waals surface area contributed by atoms with E-state index in [0.29, 0.717) is 48.3 Å². The van der Waals surface area contributed by atoms with E-state index in [4.69, 9.17) is 25.8 Å². The highest BCUT2D eigenvalue weighted by atomic mass is 35.5. The molecule has 208 valence electrons. The molecule has 0 saturated carbocycles. The van der Waals surface area contributed by atoms with Crippen LogP contribution in [0.1, 0.15) is 41.4 Å². The molecular weight excluding hydrogens is 564 g/mol. The molecule has 0 radical (unpaired) electrons. The van der Waals surface area contributed by atoms with Gasteiger partial charge in [-0.2, -0.15) is 0 Å². The molecule has 1 aliphatic heterocycles. The van der Waals surface area contributed by atoms with Crippen LogP contribution in [0.15, 0.2) is 93.9 Å². The van der Waals surface area contributed by atoms with Gasteiger partial charge >= 0.3 is 11.9 Å². The molecule has 0 unspecified atom stereocenters. The third-order valence-corrected chi connectivity index (χ3v) is 7.65. The molecule has 5 rings (SSSR count). The Kier molecular flexibility index (Phi) is 8.19. The number of ether oxygens (including phenoxy) is 3. The van der Waals surface area contributed by atoms with Crippen LogP contribution in [-0.2, 0) is 9.53 Å². The van der Waals surface area contributed by atoms with Crippen LogP contribution in [0.5, 0.6) is 11.5 Å². The Labute approximate surface area is 244 Å². The third-order valence-electron chi connectivity index (χ3n) is 6.42. The summed E-state index contributed by atoms with van der Waals surface area (Å²) < 4.78 is 17.9. The second-order valence-electron chi connectivity index (χ2n) is 9.04. The molecular formula is C31H25ClN2O6S. The molecule has 0 spiro atoms. The van der Waals surface area contributed by atoms with Crippen molar-refractivity contribution >= 4 is 41.0 Å². The monoisotopic (exact) mass is 588 g/mol. The fourth-order valence-electron chi connectivity index (χ4n) is 4.43. The van der Waals surface area contributed by atoms with E-state index in [1.807, 2.05) is 0 Å². The van der Waals surface area contributed by atoms with E-state index in [0.717, 1.165) is 5.56 Å². The number of carbonyl (C=O) groups excluding carboxylic acids is 2. The first-order chi connectivity index (χ1) is 19.8. The lowest BCUT2D eigenvalue weighted by Gasteiger charge is -2.24. The van der Waals surface area contributed by atoms with Crippen molar-refractivity contribution < 1.29 is 23.8 Å². The van der Waals surface area contributed by atoms with Crippen LogP contribution in [0.25, 0.3) is 6.08 Å². The highest BCUT2D eigenvalue weighted by molar-refractivity contribution is 7.07. The van der Waals surface area contributed by atoms with Gasteiger partial charge in [0.05, 0.1) is 41.1 Å². The SMILES string of the molecule is CCOC(=O)C1=C(C)N=c2s/c(=C\c3ccc(OC(=O)c4ccc(OC)cc4)cc3)c(=O)n2[C@H]1c1ccc(Cl)cc1. The highest BCUT2D eigenvalue weighted by Gasteiger charge is 2.33. The first-order valence-corrected chi connectivity index (χ1v) is 13.9. The zero-order chi connectivity index (χ0) is 29.1. The van der Waals surface area contributed by atoms with E-state index in [-0.39, 0.29) is 12.2 Å². The Bertz CT molecular complexity index is 1820. The minimum absolute atomic E-state index is 0.193. The quantitative estimate of drug-likeness (QED) is 0.230. The summed E-state index contributed by atoms with van der Waals surface area (Å²) in [6.07, 6.45) is 1.74. The molecule has 3 aromatic carbocycles. The summed E-state index contributed by atoms with van der Waals surface area (Å²) in [5, 5.41) is 0.540. The van der Waals surface area contributed by atoms with E-state index in [2.05, 4.69) is 4.99 Å². The zero-order valence-corrected chi connectivity index (χ0v) is 24.0. The van der Waals surface area contributed by atoms with Gasteiger partial charge in [0, 0.05) is 5.02 Å². The van der Waals surface area contributed by atoms with Gasteiger partial charge in [0.2, 0.25) is 0 Å². The van der Waals surface area contributed by atoms with Gasteiger partial charge in [0.15, 0.2) is 4.80 Å². The topological polar surface area (TPSA) is 96.2 Å². The van der Waals surface area contributed by atoms with Crippen molar-refractivity contribution in [3.05, 3.63) is 125 Å². The molecule has 0 N–H and O–H groups in total. The molecule has 0 saturated heterocycles. The minimum Gasteiger partial charge on any atom is -0.497 e. The zero-order valence-electron chi connectivity index (χ0n) is 22.4. The van der Waals surface area contributed by atoms with E-state index < -0.39 is 18.0 Å². The van der Waals surface area contributed by atoms with Gasteiger partial charge in [-0.3, -0.25) is 9.36 Å². The average Bonchev–Trinajstić information content (AvgIpc) is 3.27. The molecule has 10 heteroatoms.